The molecule has 25 nitrogen and oxygen atoms in total. The van der Waals surface area contributed by atoms with E-state index >= 15 is 0 Å². The summed E-state index contributed by atoms with van der Waals surface area (Å²) in [5.74, 6) is -0.936. The van der Waals surface area contributed by atoms with E-state index in [2.05, 4.69) is 35.0 Å². The van der Waals surface area contributed by atoms with Gasteiger partial charge in [-0.1, -0.05) is 30.3 Å². The quantitative estimate of drug-likeness (QED) is 0.0444. The van der Waals surface area contributed by atoms with Crippen LogP contribution in [0, 0.1) is 0 Å². The molecule has 0 spiro atoms. The fourth-order valence-corrected chi connectivity index (χ4v) is 7.87. The fraction of sp³-hybridized carbons (Fsp3) is 0.382. The number of aliphatic hydroxyl groups excluding tert-OH is 1. The van der Waals surface area contributed by atoms with Crippen LogP contribution in [0.3, 0.4) is 0 Å². The normalized spacial score (nSPS) is 27.0. The van der Waals surface area contributed by atoms with E-state index in [0.717, 1.165) is 11.2 Å². The number of nitrogens with two attached hydrogens (primary N) is 3. The summed E-state index contributed by atoms with van der Waals surface area (Å²) in [5.41, 5.74) is 20.1. The second-order valence-corrected chi connectivity index (χ2v) is 16.5. The first kappa shape index (κ1) is 44.0. The Morgan fingerprint density at radius 2 is 1.69 bits per heavy atom. The highest BCUT2D eigenvalue weighted by molar-refractivity contribution is 7.47. The van der Waals surface area contributed by atoms with Crippen molar-refractivity contribution in [3.63, 3.8) is 0 Å². The highest BCUT2D eigenvalue weighted by Gasteiger charge is 2.50. The minimum atomic E-state index is -5.17. The van der Waals surface area contributed by atoms with Gasteiger partial charge in [0.25, 0.3) is 0 Å². The molecule has 2 fully saturated rings. The second kappa shape index (κ2) is 18.5. The van der Waals surface area contributed by atoms with Gasteiger partial charge in [0.2, 0.25) is 0 Å². The third-order valence-electron chi connectivity index (χ3n) is 9.50. The number of aromatic nitrogens is 4. The molecule has 0 radical (unpaired) electrons. The molecule has 0 saturated carbocycles. The van der Waals surface area contributed by atoms with Crippen molar-refractivity contribution in [2.24, 2.45) is 21.7 Å². The van der Waals surface area contributed by atoms with E-state index in [0.29, 0.717) is 16.9 Å². The van der Waals surface area contributed by atoms with Gasteiger partial charge in [0.05, 0.1) is 37.1 Å². The van der Waals surface area contributed by atoms with E-state index in [1.165, 1.54) is 23.2 Å². The van der Waals surface area contributed by atoms with Gasteiger partial charge < -0.3 is 56.5 Å². The van der Waals surface area contributed by atoms with Crippen LogP contribution < -0.4 is 22.5 Å². The smallest absolute Gasteiger partial charge is 0.455 e. The number of hydrogen-bond acceptors (Lipinski definition) is 19. The van der Waals surface area contributed by atoms with Crippen molar-refractivity contribution in [2.75, 3.05) is 18.9 Å². The number of esters is 1. The fourth-order valence-electron chi connectivity index (χ4n) is 6.57. The Morgan fingerprint density at radius 3 is 2.39 bits per heavy atom. The molecule has 2 aromatic carbocycles. The van der Waals surface area contributed by atoms with E-state index in [9.17, 15) is 38.5 Å². The van der Waals surface area contributed by atoms with Crippen LogP contribution in [-0.4, -0.2) is 118 Å². The Bertz CT molecular complexity index is 2350. The summed E-state index contributed by atoms with van der Waals surface area (Å²) in [6.45, 7) is -1.66. The third-order valence-corrected chi connectivity index (χ3v) is 11.0. The molecule has 4 aromatic rings. The Balaban J connectivity index is 1.05. The summed E-state index contributed by atoms with van der Waals surface area (Å²) in [6, 6.07) is 14.0. The van der Waals surface area contributed by atoms with E-state index in [1.54, 1.807) is 36.4 Å². The van der Waals surface area contributed by atoms with Crippen molar-refractivity contribution in [3.8, 4) is 0 Å². The lowest BCUT2D eigenvalue weighted by molar-refractivity contribution is -0.158. The molecule has 0 aliphatic carbocycles. The van der Waals surface area contributed by atoms with Gasteiger partial charge in [0.1, 0.15) is 48.5 Å². The molecule has 0 bridgehead atoms. The van der Waals surface area contributed by atoms with Crippen LogP contribution in [-0.2, 0) is 48.1 Å². The van der Waals surface area contributed by atoms with Crippen molar-refractivity contribution in [2.45, 2.75) is 68.0 Å². The van der Waals surface area contributed by atoms with Crippen molar-refractivity contribution in [1.82, 2.24) is 29.7 Å². The van der Waals surface area contributed by atoms with Gasteiger partial charge in [-0.15, -0.1) is 0 Å². The van der Waals surface area contributed by atoms with Crippen LogP contribution in [0.5, 0.6) is 0 Å². The standard InChI is InChI=1S/C34H41N11O14P2/c35-21(12-18-6-8-20(9-7-18)43-42-19-4-2-1-3-5-19)33(47)58-29-24(57-32(28(29)46)45-17-40-27-30(37)38-16-39-31(27)45)15-55-61(52,53)59-22-13-26(44-11-10-25(36)41-34(44)48)56-23(22)14-54-60(49,50)51/h1-11,16-17,21-26,28-29,32,46H,12-15,35-36H2,(H,41,48)(H,52,53)(H2,37,38,39)(H2,49,50,51)/t21-,22-,23+,24+,25?,26+,28+,29+,32+/m0/s1. The molecule has 2 amide bonds. The van der Waals surface area contributed by atoms with Crippen molar-refractivity contribution < 1.29 is 66.3 Å². The zero-order valence-electron chi connectivity index (χ0n) is 31.7. The highest BCUT2D eigenvalue weighted by Crippen LogP contribution is 2.49. The Hall–Kier alpha value is -5.11. The Kier molecular flexibility index (Phi) is 13.3. The molecule has 27 heteroatoms. The van der Waals surface area contributed by atoms with E-state index in [4.69, 9.17) is 40.5 Å². The van der Waals surface area contributed by atoms with Crippen molar-refractivity contribution >= 4 is 56.0 Å². The summed E-state index contributed by atoms with van der Waals surface area (Å²) in [5, 5.41) is 22.4. The zero-order chi connectivity index (χ0) is 43.5. The number of carbonyl (C=O) groups is 2. The average Bonchev–Trinajstić information content (AvgIpc) is 3.91. The monoisotopic (exact) mass is 889 g/mol. The molecule has 11 N–H and O–H groups in total. The van der Waals surface area contributed by atoms with E-state index < -0.39 is 96.0 Å². The van der Waals surface area contributed by atoms with Gasteiger partial charge in [-0.25, -0.2) is 28.9 Å². The molecule has 5 heterocycles. The summed E-state index contributed by atoms with van der Waals surface area (Å²) >= 11 is 0. The van der Waals surface area contributed by atoms with Gasteiger partial charge in [-0.3, -0.25) is 27.8 Å². The number of rotatable bonds is 16. The second-order valence-electron chi connectivity index (χ2n) is 13.8. The highest BCUT2D eigenvalue weighted by atomic mass is 31.2. The maximum absolute atomic E-state index is 13.5. The number of hydrogen-bond donors (Lipinski definition) is 8. The van der Waals surface area contributed by atoms with E-state index in [-0.39, 0.29) is 29.8 Å². The summed E-state index contributed by atoms with van der Waals surface area (Å²) in [6.07, 6.45) is -6.02. The van der Waals surface area contributed by atoms with Gasteiger partial charge in [0.15, 0.2) is 23.8 Å². The first-order valence-electron chi connectivity index (χ1n) is 18.4. The zero-order valence-corrected chi connectivity index (χ0v) is 33.4. The predicted molar refractivity (Wildman–Crippen MR) is 208 cm³/mol. The number of nitrogens with zero attached hydrogens (tertiary/aromatic N) is 7. The van der Waals surface area contributed by atoms with Crippen LogP contribution in [0.15, 0.2) is 89.8 Å². The minimum Gasteiger partial charge on any atom is -0.455 e. The number of imidazole rings is 1. The molecule has 2 aromatic heterocycles. The van der Waals surface area contributed by atoms with Gasteiger partial charge in [-0.05, 0) is 42.3 Å². The average molecular weight is 890 g/mol. The first-order chi connectivity index (χ1) is 29.0. The number of fused-ring (bicyclic) bond motifs is 1. The van der Waals surface area contributed by atoms with Crippen LogP contribution in [0.4, 0.5) is 22.0 Å². The number of ether oxygens (including phenoxy) is 3. The Labute approximate surface area is 345 Å². The largest absolute Gasteiger partial charge is 0.472 e. The molecule has 2 saturated heterocycles. The number of nitrogens with one attached hydrogen (secondary N) is 1. The lowest BCUT2D eigenvalue weighted by Gasteiger charge is -2.30. The summed E-state index contributed by atoms with van der Waals surface area (Å²) in [7, 11) is -10.2. The molecular weight excluding hydrogens is 848 g/mol. The topological polar surface area (TPSA) is 366 Å². The predicted octanol–water partition coefficient (Wildman–Crippen LogP) is 1.11. The number of phosphoric acid groups is 2. The molecule has 3 aliphatic heterocycles. The lowest BCUT2D eigenvalue weighted by atomic mass is 10.1. The minimum absolute atomic E-state index is 0.00425. The first-order valence-corrected chi connectivity index (χ1v) is 21.4. The number of anilines is 1. The van der Waals surface area contributed by atoms with Crippen molar-refractivity contribution in [1.29, 1.82) is 0 Å². The number of nitrogen functional groups attached to an aromatic ring is 1. The van der Waals surface area contributed by atoms with Crippen molar-refractivity contribution in [3.05, 3.63) is 85.1 Å². The van der Waals surface area contributed by atoms with Gasteiger partial charge >= 0.3 is 27.6 Å². The number of carbonyl (C=O) groups excluding carboxylic acids is 2. The third kappa shape index (κ3) is 10.9. The molecule has 7 rings (SSSR count). The number of urea groups is 1. The molecular formula is C34H41N11O14P2. The maximum Gasteiger partial charge on any atom is 0.472 e. The maximum atomic E-state index is 13.5. The van der Waals surface area contributed by atoms with E-state index in [1.807, 2.05) is 18.2 Å². The van der Waals surface area contributed by atoms with Crippen LogP contribution >= 0.6 is 15.6 Å². The van der Waals surface area contributed by atoms with Gasteiger partial charge in [-0.2, -0.15) is 10.2 Å². The number of benzene rings is 2. The lowest BCUT2D eigenvalue weighted by Crippen LogP contribution is -2.52. The number of aliphatic hydroxyl groups is 1. The number of phosphoric ester groups is 2. The molecule has 326 valence electrons. The van der Waals surface area contributed by atoms with Crippen LogP contribution in [0.25, 0.3) is 11.2 Å². The van der Waals surface area contributed by atoms with Crippen LogP contribution in [0.1, 0.15) is 18.2 Å². The number of azo groups is 1. The Morgan fingerprint density at radius 1 is 0.984 bits per heavy atom. The van der Waals surface area contributed by atoms with Crippen LogP contribution in [0.2, 0.25) is 0 Å². The molecule has 10 atom stereocenters. The molecule has 61 heavy (non-hydrogen) atoms. The summed E-state index contributed by atoms with van der Waals surface area (Å²) < 4.78 is 59.0. The molecule has 2 unspecified atom stereocenters. The number of amides is 2. The molecule has 3 aliphatic rings. The SMILES string of the molecule is Nc1ncnc2c1ncn2[C@@H]1O[C@H](COP(=O)(O)O[C@H]2C[C@H](N3C=CC(N)NC3=O)O[C@@H]2COP(=O)(O)O)[C@@H](OC(=O)[C@@H](N)Cc2ccc(N=Nc3ccccc3)cc2)[C@H]1O. The summed E-state index contributed by atoms with van der Waals surface area (Å²) in [4.78, 5) is 68.8. The van der Waals surface area contributed by atoms with Gasteiger partial charge in [0, 0.05) is 12.6 Å².